The molecule has 1 saturated heterocycles. The van der Waals surface area contributed by atoms with Gasteiger partial charge in [0.2, 0.25) is 17.8 Å². The third-order valence-corrected chi connectivity index (χ3v) is 11.8. The Morgan fingerprint density at radius 3 is 2.33 bits per heavy atom. The number of benzene rings is 4. The first kappa shape index (κ1) is 43.0. The molecule has 1 aliphatic heterocycles. The summed E-state index contributed by atoms with van der Waals surface area (Å²) in [6.07, 6.45) is 0.174. The number of nitrogens with one attached hydrogen (secondary N) is 3. The van der Waals surface area contributed by atoms with Crippen LogP contribution in [0.3, 0.4) is 0 Å². The Labute approximate surface area is 338 Å². The number of guanidine groups is 1. The van der Waals surface area contributed by atoms with Gasteiger partial charge in [0.25, 0.3) is 10.0 Å². The molecule has 0 aromatic heterocycles. The van der Waals surface area contributed by atoms with Crippen LogP contribution in [-0.2, 0) is 42.2 Å². The number of hydrogen-bond acceptors (Lipinski definition) is 9. The van der Waals surface area contributed by atoms with E-state index in [4.69, 9.17) is 15.2 Å². The number of rotatable bonds is 16. The molecule has 0 bridgehead atoms. The van der Waals surface area contributed by atoms with Gasteiger partial charge in [0.05, 0.1) is 12.0 Å². The van der Waals surface area contributed by atoms with Gasteiger partial charge in [-0.1, -0.05) is 72.8 Å². The topological polar surface area (TPSA) is 219 Å². The van der Waals surface area contributed by atoms with Gasteiger partial charge in [0, 0.05) is 19.5 Å². The van der Waals surface area contributed by atoms with E-state index in [9.17, 15) is 32.7 Å². The van der Waals surface area contributed by atoms with E-state index in [0.717, 1.165) is 21.9 Å². The number of aliphatic imine (C=N–C) groups is 1. The van der Waals surface area contributed by atoms with Crippen molar-refractivity contribution in [3.05, 3.63) is 107 Å². The number of aryl methyl sites for hydroxylation is 1. The predicted octanol–water partition coefficient (Wildman–Crippen LogP) is 4.24. The molecule has 3 atom stereocenters. The second-order valence-electron chi connectivity index (χ2n) is 14.2. The number of carboxylic acids is 1. The molecule has 5 rings (SSSR count). The number of nitrogens with two attached hydrogens (primary N) is 1. The van der Waals surface area contributed by atoms with Gasteiger partial charge >= 0.3 is 12.1 Å². The molecule has 0 unspecified atom stereocenters. The Hall–Kier alpha value is -6.16. The number of sulfonamides is 1. The number of carboxylic acid groups (broad SMARTS) is 1. The van der Waals surface area contributed by atoms with Crippen LogP contribution in [0, 0.1) is 20.8 Å². The van der Waals surface area contributed by atoms with Crippen LogP contribution in [0.5, 0.6) is 5.75 Å². The van der Waals surface area contributed by atoms with Gasteiger partial charge in [-0.2, -0.15) is 0 Å². The van der Waals surface area contributed by atoms with Crippen LogP contribution in [-0.4, -0.2) is 86.6 Å². The highest BCUT2D eigenvalue weighted by atomic mass is 32.2. The third-order valence-electron chi connectivity index (χ3n) is 10.1. The molecule has 3 amide bonds. The van der Waals surface area contributed by atoms with Crippen LogP contribution >= 0.6 is 0 Å². The second-order valence-corrected chi connectivity index (χ2v) is 15.8. The summed E-state index contributed by atoms with van der Waals surface area (Å²) in [5.41, 5.74) is 9.09. The molecule has 0 radical (unpaired) electrons. The van der Waals surface area contributed by atoms with Crippen LogP contribution in [0.15, 0.2) is 88.8 Å². The summed E-state index contributed by atoms with van der Waals surface area (Å²) < 4.78 is 39.5. The maximum atomic E-state index is 14.2. The molecule has 0 aliphatic carbocycles. The van der Waals surface area contributed by atoms with Gasteiger partial charge in [0.15, 0.2) is 0 Å². The number of carbonyl (C=O) groups is 4. The fraction of sp³-hybridized carbons (Fsp3) is 0.357. The van der Waals surface area contributed by atoms with Crippen LogP contribution in [0.25, 0.3) is 10.8 Å². The fourth-order valence-electron chi connectivity index (χ4n) is 7.10. The number of ether oxygens (including phenoxy) is 2. The molecule has 58 heavy (non-hydrogen) atoms. The zero-order chi connectivity index (χ0) is 42.0. The van der Waals surface area contributed by atoms with E-state index >= 15 is 0 Å². The third kappa shape index (κ3) is 10.8. The Morgan fingerprint density at radius 2 is 1.62 bits per heavy atom. The predicted molar refractivity (Wildman–Crippen MR) is 219 cm³/mol. The zero-order valence-corrected chi connectivity index (χ0v) is 33.8. The number of fused-ring (bicyclic) bond motifs is 1. The van der Waals surface area contributed by atoms with Gasteiger partial charge in [-0.05, 0) is 91.1 Å². The van der Waals surface area contributed by atoms with E-state index < -0.39 is 52.0 Å². The maximum Gasteiger partial charge on any atom is 0.408 e. The SMILES string of the molecule is COc1cc(C)c(S(=O)(=O)NC(N)=NCCC[C@H](NC(=O)[C@@H]2CCCN2C(=O)[C@@H](Cc2ccc3ccccc3c2)NC(=O)OCc2ccccc2)C(=O)O)c(C)c1C. The summed E-state index contributed by atoms with van der Waals surface area (Å²) in [6, 6.07) is 20.8. The highest BCUT2D eigenvalue weighted by Gasteiger charge is 2.39. The minimum atomic E-state index is -4.10. The average molecular weight is 815 g/mol. The number of hydrogen-bond donors (Lipinski definition) is 5. The normalized spacial score (nSPS) is 15.3. The highest BCUT2D eigenvalue weighted by Crippen LogP contribution is 2.30. The van der Waals surface area contributed by atoms with Crippen LogP contribution in [0.2, 0.25) is 0 Å². The molecule has 0 saturated carbocycles. The van der Waals surface area contributed by atoms with Gasteiger partial charge in [-0.15, -0.1) is 0 Å². The van der Waals surface area contributed by atoms with Crippen molar-refractivity contribution in [2.24, 2.45) is 10.7 Å². The van der Waals surface area contributed by atoms with E-state index in [1.165, 1.54) is 12.0 Å². The molecule has 15 nitrogen and oxygen atoms in total. The molecule has 4 aromatic rings. The highest BCUT2D eigenvalue weighted by molar-refractivity contribution is 7.90. The lowest BCUT2D eigenvalue weighted by Crippen LogP contribution is -2.55. The quantitative estimate of drug-likeness (QED) is 0.0616. The smallest absolute Gasteiger partial charge is 0.408 e. The molecule has 308 valence electrons. The van der Waals surface area contributed by atoms with Crippen molar-refractivity contribution in [2.45, 2.75) is 82.5 Å². The van der Waals surface area contributed by atoms with Crippen molar-refractivity contribution < 1.29 is 42.2 Å². The number of amides is 3. The fourth-order valence-corrected chi connectivity index (χ4v) is 8.58. The van der Waals surface area contributed by atoms with Crippen LogP contribution in [0.1, 0.15) is 53.5 Å². The van der Waals surface area contributed by atoms with Crippen LogP contribution < -0.4 is 25.8 Å². The summed E-state index contributed by atoms with van der Waals surface area (Å²) in [4.78, 5) is 58.6. The molecular formula is C42H50N6O9S. The number of nitrogens with zero attached hydrogens (tertiary/aromatic N) is 2. The zero-order valence-electron chi connectivity index (χ0n) is 33.0. The number of aliphatic carboxylic acids is 1. The maximum absolute atomic E-state index is 14.2. The molecule has 1 aliphatic rings. The van der Waals surface area contributed by atoms with Crippen molar-refractivity contribution in [1.82, 2.24) is 20.3 Å². The summed E-state index contributed by atoms with van der Waals surface area (Å²) in [5, 5.41) is 17.2. The van der Waals surface area contributed by atoms with Crippen molar-refractivity contribution in [3.8, 4) is 5.75 Å². The number of carbonyl (C=O) groups excluding carboxylic acids is 3. The minimum Gasteiger partial charge on any atom is -0.496 e. The lowest BCUT2D eigenvalue weighted by Gasteiger charge is -2.29. The van der Waals surface area contributed by atoms with Crippen molar-refractivity contribution >= 4 is 50.6 Å². The van der Waals surface area contributed by atoms with Gasteiger partial charge in [0.1, 0.15) is 30.5 Å². The van der Waals surface area contributed by atoms with Gasteiger partial charge in [-0.3, -0.25) is 14.6 Å². The number of methoxy groups -OCH3 is 1. The van der Waals surface area contributed by atoms with Crippen molar-refractivity contribution in [2.75, 3.05) is 20.2 Å². The Morgan fingerprint density at radius 1 is 0.914 bits per heavy atom. The summed E-state index contributed by atoms with van der Waals surface area (Å²) >= 11 is 0. The van der Waals surface area contributed by atoms with E-state index in [-0.39, 0.29) is 49.8 Å². The van der Waals surface area contributed by atoms with Crippen molar-refractivity contribution in [1.29, 1.82) is 0 Å². The monoisotopic (exact) mass is 814 g/mol. The number of alkyl carbamates (subject to hydrolysis) is 1. The summed E-state index contributed by atoms with van der Waals surface area (Å²) in [6.45, 7) is 5.24. The lowest BCUT2D eigenvalue weighted by atomic mass is 10.0. The van der Waals surface area contributed by atoms with Crippen molar-refractivity contribution in [3.63, 3.8) is 0 Å². The van der Waals surface area contributed by atoms with Gasteiger partial charge < -0.3 is 35.8 Å². The van der Waals surface area contributed by atoms with Gasteiger partial charge in [-0.25, -0.2) is 22.7 Å². The molecule has 4 aromatic carbocycles. The second kappa shape index (κ2) is 19.3. The lowest BCUT2D eigenvalue weighted by molar-refractivity contribution is -0.144. The molecule has 1 fully saturated rings. The summed E-state index contributed by atoms with van der Waals surface area (Å²) in [7, 11) is -2.60. The number of likely N-dealkylation sites (tertiary alicyclic amines) is 1. The van der Waals surface area contributed by atoms with Crippen LogP contribution in [0.4, 0.5) is 4.79 Å². The van der Waals surface area contributed by atoms with E-state index in [1.807, 2.05) is 72.8 Å². The summed E-state index contributed by atoms with van der Waals surface area (Å²) in [5.74, 6) is -2.26. The van der Waals surface area contributed by atoms with E-state index in [0.29, 0.717) is 35.3 Å². The first-order valence-electron chi connectivity index (χ1n) is 18.9. The van der Waals surface area contributed by atoms with E-state index in [1.54, 1.807) is 26.8 Å². The average Bonchev–Trinajstić information content (AvgIpc) is 3.69. The largest absolute Gasteiger partial charge is 0.496 e. The molecular weight excluding hydrogens is 765 g/mol. The Kier molecular flexibility index (Phi) is 14.3. The standard InChI is InChI=1S/C42H50N6O9S/c1-26-22-36(56-4)27(2)28(3)37(26)58(54,55)47-41(43)44-20-10-16-33(40(51)52)45-38(49)35-17-11-21-48(35)39(50)34(46-42(53)57-25-29-12-6-5-7-13-29)24-30-18-19-31-14-8-9-15-32(31)23-30/h5-9,12-15,18-19,22-23,33-35H,10-11,16-17,20-21,24-25H2,1-4H3,(H,45,49)(H,46,53)(H,51,52)(H3,43,44,47)/t33-,34+,35-/m0/s1. The molecule has 0 spiro atoms. The first-order valence-corrected chi connectivity index (χ1v) is 20.4. The first-order chi connectivity index (χ1) is 27.7. The molecule has 6 N–H and O–H groups in total. The molecule has 1 heterocycles. The van der Waals surface area contributed by atoms with E-state index in [2.05, 4.69) is 20.3 Å². The Bertz CT molecular complexity index is 2280. The molecule has 16 heteroatoms. The Balaban J connectivity index is 1.22. The minimum absolute atomic E-state index is 0.00872.